The highest BCUT2D eigenvalue weighted by Crippen LogP contribution is 2.47. The van der Waals surface area contributed by atoms with Gasteiger partial charge in [-0.3, -0.25) is 0 Å². The highest BCUT2D eigenvalue weighted by molar-refractivity contribution is 7.17. The van der Waals surface area contributed by atoms with Crippen LogP contribution in [0.15, 0.2) is 137 Å². The normalized spacial score (nSPS) is 12.0. The number of hydrogen-bond acceptors (Lipinski definition) is 2. The lowest BCUT2D eigenvalue weighted by molar-refractivity contribution is 0.670. The van der Waals surface area contributed by atoms with Crippen LogP contribution in [-0.4, -0.2) is 0 Å². The fourth-order valence-electron chi connectivity index (χ4n) is 6.53. The summed E-state index contributed by atoms with van der Waals surface area (Å²) in [5, 5.41) is 13.2. The molecule has 0 bridgehead atoms. The van der Waals surface area contributed by atoms with Gasteiger partial charge in [-0.05, 0) is 78.5 Å². The zero-order valence-electron chi connectivity index (χ0n) is 21.5. The Balaban J connectivity index is 1.41. The molecule has 0 saturated carbocycles. The van der Waals surface area contributed by atoms with Crippen molar-refractivity contribution in [2.75, 3.05) is 0 Å². The van der Waals surface area contributed by atoms with Crippen LogP contribution in [0.3, 0.4) is 0 Å². The molecule has 9 aromatic rings. The van der Waals surface area contributed by atoms with Crippen LogP contribution in [-0.2, 0) is 0 Å². The molecule has 2 heteroatoms. The number of fused-ring (bicyclic) bond motifs is 7. The van der Waals surface area contributed by atoms with Gasteiger partial charge in [-0.15, -0.1) is 11.3 Å². The fraction of sp³-hybridized carbons (Fsp3) is 0. The van der Waals surface area contributed by atoms with Gasteiger partial charge in [0.15, 0.2) is 0 Å². The standard InChI is InChI=1S/C38H22OS/c1-2-9-24-20-26(17-16-23(24)8-1)36-27-10-3-5-12-29(27)37(30-13-6-4-11-28(30)36)32-15-7-14-31-33-21-25-18-19-40-35(25)22-34(33)39-38(31)32/h1-22H. The fourth-order valence-corrected chi connectivity index (χ4v) is 7.33. The molecular weight excluding hydrogens is 504 g/mol. The molecule has 0 aliphatic carbocycles. The minimum absolute atomic E-state index is 0.943. The highest BCUT2D eigenvalue weighted by Gasteiger charge is 2.20. The van der Waals surface area contributed by atoms with Crippen molar-refractivity contribution in [1.82, 2.24) is 0 Å². The molecule has 0 spiro atoms. The quantitative estimate of drug-likeness (QED) is 0.204. The Labute approximate surface area is 234 Å². The topological polar surface area (TPSA) is 13.1 Å². The van der Waals surface area contributed by atoms with Gasteiger partial charge in [-0.2, -0.15) is 0 Å². The Morgan fingerprint density at radius 2 is 1.12 bits per heavy atom. The molecule has 1 nitrogen and oxygen atoms in total. The van der Waals surface area contributed by atoms with Gasteiger partial charge in [0.1, 0.15) is 11.2 Å². The van der Waals surface area contributed by atoms with Gasteiger partial charge in [-0.25, -0.2) is 0 Å². The van der Waals surface area contributed by atoms with E-state index >= 15 is 0 Å². The van der Waals surface area contributed by atoms with Crippen molar-refractivity contribution in [3.8, 4) is 22.3 Å². The molecule has 0 aliphatic rings. The van der Waals surface area contributed by atoms with Gasteiger partial charge in [0, 0.05) is 26.6 Å². The van der Waals surface area contributed by atoms with E-state index in [0.717, 1.165) is 22.1 Å². The van der Waals surface area contributed by atoms with Crippen LogP contribution in [0.4, 0.5) is 0 Å². The van der Waals surface area contributed by atoms with Crippen molar-refractivity contribution < 1.29 is 4.42 Å². The zero-order chi connectivity index (χ0) is 26.2. The molecule has 2 aromatic heterocycles. The maximum Gasteiger partial charge on any atom is 0.143 e. The van der Waals surface area contributed by atoms with Crippen molar-refractivity contribution in [1.29, 1.82) is 0 Å². The van der Waals surface area contributed by atoms with Crippen LogP contribution in [0.25, 0.3) is 86.6 Å². The first-order chi connectivity index (χ1) is 19.8. The molecule has 2 heterocycles. The molecule has 0 N–H and O–H groups in total. The summed E-state index contributed by atoms with van der Waals surface area (Å²) in [7, 11) is 0. The monoisotopic (exact) mass is 526 g/mol. The van der Waals surface area contributed by atoms with Gasteiger partial charge in [0.2, 0.25) is 0 Å². The van der Waals surface area contributed by atoms with Crippen molar-refractivity contribution in [3.63, 3.8) is 0 Å². The summed E-state index contributed by atoms with van der Waals surface area (Å²) in [4.78, 5) is 0. The van der Waals surface area contributed by atoms with E-state index in [-0.39, 0.29) is 0 Å². The second-order valence-electron chi connectivity index (χ2n) is 10.5. The minimum atomic E-state index is 0.943. The Morgan fingerprint density at radius 1 is 0.450 bits per heavy atom. The molecule has 0 aliphatic heterocycles. The first-order valence-electron chi connectivity index (χ1n) is 13.6. The maximum absolute atomic E-state index is 6.68. The molecule has 0 saturated heterocycles. The van der Waals surface area contributed by atoms with E-state index in [1.54, 1.807) is 11.3 Å². The van der Waals surface area contributed by atoms with Crippen molar-refractivity contribution in [2.45, 2.75) is 0 Å². The average molecular weight is 527 g/mol. The summed E-state index contributed by atoms with van der Waals surface area (Å²) >= 11 is 1.76. The number of hydrogen-bond donors (Lipinski definition) is 0. The van der Waals surface area contributed by atoms with Crippen LogP contribution in [0, 0.1) is 0 Å². The molecule has 186 valence electrons. The van der Waals surface area contributed by atoms with Crippen molar-refractivity contribution in [2.24, 2.45) is 0 Å². The van der Waals surface area contributed by atoms with E-state index < -0.39 is 0 Å². The third kappa shape index (κ3) is 3.08. The average Bonchev–Trinajstić information content (AvgIpc) is 3.62. The number of benzene rings is 7. The Hall–Kier alpha value is -4.92. The molecule has 9 rings (SSSR count). The van der Waals surface area contributed by atoms with Crippen LogP contribution in [0.2, 0.25) is 0 Å². The highest BCUT2D eigenvalue weighted by atomic mass is 32.1. The number of furan rings is 1. The van der Waals surface area contributed by atoms with E-state index in [4.69, 9.17) is 4.42 Å². The number of thiophene rings is 1. The predicted octanol–water partition coefficient (Wildman–Crippen LogP) is 11.6. The second kappa shape index (κ2) is 8.29. The summed E-state index contributed by atoms with van der Waals surface area (Å²) in [6.45, 7) is 0. The maximum atomic E-state index is 6.68. The Kier molecular flexibility index (Phi) is 4.55. The van der Waals surface area contributed by atoms with Crippen LogP contribution < -0.4 is 0 Å². The lowest BCUT2D eigenvalue weighted by Gasteiger charge is -2.18. The molecule has 0 unspecified atom stereocenters. The van der Waals surface area contributed by atoms with Crippen molar-refractivity contribution >= 4 is 75.7 Å². The molecule has 0 radical (unpaired) electrons. The van der Waals surface area contributed by atoms with E-state index in [0.29, 0.717) is 0 Å². The summed E-state index contributed by atoms with van der Waals surface area (Å²) in [6.07, 6.45) is 0. The van der Waals surface area contributed by atoms with Crippen molar-refractivity contribution in [3.05, 3.63) is 133 Å². The third-order valence-corrected chi connectivity index (χ3v) is 9.19. The van der Waals surface area contributed by atoms with E-state index in [1.165, 1.54) is 64.5 Å². The lowest BCUT2D eigenvalue weighted by atomic mass is 9.85. The number of rotatable bonds is 2. The van der Waals surface area contributed by atoms with E-state index in [2.05, 4.69) is 133 Å². The van der Waals surface area contributed by atoms with Crippen LogP contribution in [0.1, 0.15) is 0 Å². The van der Waals surface area contributed by atoms with E-state index in [1.807, 2.05) is 0 Å². The first-order valence-corrected chi connectivity index (χ1v) is 14.5. The van der Waals surface area contributed by atoms with E-state index in [9.17, 15) is 0 Å². The second-order valence-corrected chi connectivity index (χ2v) is 11.4. The lowest BCUT2D eigenvalue weighted by Crippen LogP contribution is -1.91. The molecular formula is C38H22OS. The first kappa shape index (κ1) is 22.0. The summed E-state index contributed by atoms with van der Waals surface area (Å²) in [6, 6.07) is 46.3. The van der Waals surface area contributed by atoms with Crippen LogP contribution >= 0.6 is 11.3 Å². The van der Waals surface area contributed by atoms with Gasteiger partial charge < -0.3 is 4.42 Å². The zero-order valence-corrected chi connectivity index (χ0v) is 22.3. The van der Waals surface area contributed by atoms with Crippen LogP contribution in [0.5, 0.6) is 0 Å². The number of para-hydroxylation sites is 1. The summed E-state index contributed by atoms with van der Waals surface area (Å²) in [5.74, 6) is 0. The van der Waals surface area contributed by atoms with Gasteiger partial charge in [0.25, 0.3) is 0 Å². The van der Waals surface area contributed by atoms with Gasteiger partial charge in [0.05, 0.1) is 0 Å². The Bertz CT molecular complexity index is 2380. The summed E-state index contributed by atoms with van der Waals surface area (Å²) in [5.41, 5.74) is 6.76. The molecule has 40 heavy (non-hydrogen) atoms. The Morgan fingerprint density at radius 3 is 1.90 bits per heavy atom. The third-order valence-electron chi connectivity index (χ3n) is 8.31. The molecule has 0 atom stereocenters. The smallest absolute Gasteiger partial charge is 0.143 e. The summed E-state index contributed by atoms with van der Waals surface area (Å²) < 4.78 is 7.94. The molecule has 0 amide bonds. The minimum Gasteiger partial charge on any atom is -0.455 e. The molecule has 7 aromatic carbocycles. The predicted molar refractivity (Wildman–Crippen MR) is 172 cm³/mol. The van der Waals surface area contributed by atoms with Gasteiger partial charge >= 0.3 is 0 Å². The van der Waals surface area contributed by atoms with Gasteiger partial charge in [-0.1, -0.05) is 103 Å². The largest absolute Gasteiger partial charge is 0.455 e. The molecule has 0 fully saturated rings. The SMILES string of the molecule is c1ccc2cc(-c3c4ccccc4c(-c4cccc5c4oc4cc6sccc6cc45)c4ccccc34)ccc2c1.